The molecule has 1 aromatic carbocycles. The Labute approximate surface area is 113 Å². The first-order valence-corrected chi connectivity index (χ1v) is 7.23. The Morgan fingerprint density at radius 3 is 1.56 bits per heavy atom. The van der Waals surface area contributed by atoms with Crippen molar-refractivity contribution in [3.05, 3.63) is 35.4 Å². The van der Waals surface area contributed by atoms with Crippen molar-refractivity contribution in [2.45, 2.75) is 71.3 Å². The first kappa shape index (κ1) is 15.2. The van der Waals surface area contributed by atoms with Crippen LogP contribution >= 0.6 is 0 Å². The van der Waals surface area contributed by atoms with Crippen molar-refractivity contribution in [2.24, 2.45) is 5.73 Å². The summed E-state index contributed by atoms with van der Waals surface area (Å²) in [5.41, 5.74) is 9.34. The van der Waals surface area contributed by atoms with Crippen molar-refractivity contribution in [3.8, 4) is 0 Å². The van der Waals surface area contributed by atoms with Gasteiger partial charge < -0.3 is 5.73 Å². The summed E-state index contributed by atoms with van der Waals surface area (Å²) in [7, 11) is 0. The van der Waals surface area contributed by atoms with Gasteiger partial charge in [0, 0.05) is 5.54 Å². The Balaban J connectivity index is 3.01. The van der Waals surface area contributed by atoms with Crippen LogP contribution in [0.1, 0.15) is 71.4 Å². The minimum absolute atomic E-state index is 0.139. The fraction of sp³-hybridized carbons (Fsp3) is 0.647. The second-order valence-electron chi connectivity index (χ2n) is 6.48. The van der Waals surface area contributed by atoms with Crippen LogP contribution in [0.3, 0.4) is 0 Å². The van der Waals surface area contributed by atoms with Gasteiger partial charge in [0.1, 0.15) is 0 Å². The highest BCUT2D eigenvalue weighted by atomic mass is 14.7. The van der Waals surface area contributed by atoms with E-state index in [1.165, 1.54) is 11.1 Å². The molecule has 0 aliphatic heterocycles. The molecule has 0 aliphatic carbocycles. The third kappa shape index (κ3) is 3.58. The number of benzene rings is 1. The van der Waals surface area contributed by atoms with E-state index in [1.807, 2.05) is 0 Å². The van der Waals surface area contributed by atoms with Crippen molar-refractivity contribution in [2.75, 3.05) is 0 Å². The van der Waals surface area contributed by atoms with Crippen molar-refractivity contribution in [1.29, 1.82) is 0 Å². The lowest BCUT2D eigenvalue weighted by molar-refractivity contribution is 0.369. The zero-order valence-electron chi connectivity index (χ0n) is 12.7. The molecule has 0 saturated heterocycles. The second kappa shape index (κ2) is 5.88. The number of nitrogens with two attached hydrogens (primary N) is 1. The van der Waals surface area contributed by atoms with Gasteiger partial charge in [-0.3, -0.25) is 0 Å². The summed E-state index contributed by atoms with van der Waals surface area (Å²) in [6.07, 6.45) is 4.40. The van der Waals surface area contributed by atoms with E-state index in [9.17, 15) is 0 Å². The topological polar surface area (TPSA) is 26.0 Å². The molecule has 102 valence electrons. The van der Waals surface area contributed by atoms with Crippen LogP contribution in [0.25, 0.3) is 0 Å². The minimum atomic E-state index is -0.139. The van der Waals surface area contributed by atoms with E-state index in [0.29, 0.717) is 0 Å². The van der Waals surface area contributed by atoms with Crippen LogP contribution in [0.2, 0.25) is 0 Å². The van der Waals surface area contributed by atoms with Crippen molar-refractivity contribution in [3.63, 3.8) is 0 Å². The minimum Gasteiger partial charge on any atom is -0.321 e. The van der Waals surface area contributed by atoms with Gasteiger partial charge in [-0.15, -0.1) is 0 Å². The fourth-order valence-electron chi connectivity index (χ4n) is 2.61. The summed E-state index contributed by atoms with van der Waals surface area (Å²) in [4.78, 5) is 0. The van der Waals surface area contributed by atoms with Gasteiger partial charge in [-0.2, -0.15) is 0 Å². The molecule has 0 radical (unpaired) electrons. The van der Waals surface area contributed by atoms with Crippen molar-refractivity contribution < 1.29 is 0 Å². The van der Waals surface area contributed by atoms with Crippen LogP contribution in [0, 0.1) is 0 Å². The van der Waals surface area contributed by atoms with Gasteiger partial charge >= 0.3 is 0 Å². The molecule has 0 amide bonds. The van der Waals surface area contributed by atoms with E-state index in [1.54, 1.807) is 0 Å². The standard InChI is InChI=1S/C17H29N/c1-6-12-17(18,13-7-2)15-10-8-14(9-11-15)16(3,4)5/h8-11H,6-7,12-13,18H2,1-5H3. The van der Waals surface area contributed by atoms with Crippen LogP contribution in [0.5, 0.6) is 0 Å². The van der Waals surface area contributed by atoms with Crippen LogP contribution in [-0.4, -0.2) is 0 Å². The molecule has 0 bridgehead atoms. The second-order valence-corrected chi connectivity index (χ2v) is 6.48. The summed E-state index contributed by atoms with van der Waals surface area (Å²) in [6.45, 7) is 11.2. The number of hydrogen-bond acceptors (Lipinski definition) is 1. The highest BCUT2D eigenvalue weighted by Gasteiger charge is 2.25. The summed E-state index contributed by atoms with van der Waals surface area (Å²) in [6, 6.07) is 8.93. The van der Waals surface area contributed by atoms with E-state index < -0.39 is 0 Å². The van der Waals surface area contributed by atoms with Gasteiger partial charge in [-0.05, 0) is 29.4 Å². The highest BCUT2D eigenvalue weighted by Crippen LogP contribution is 2.31. The van der Waals surface area contributed by atoms with Crippen LogP contribution in [0.15, 0.2) is 24.3 Å². The zero-order valence-corrected chi connectivity index (χ0v) is 12.7. The summed E-state index contributed by atoms with van der Waals surface area (Å²) in [5, 5.41) is 0. The molecule has 2 N–H and O–H groups in total. The Bertz CT molecular complexity index is 350. The van der Waals surface area contributed by atoms with Crippen LogP contribution in [0.4, 0.5) is 0 Å². The first-order valence-electron chi connectivity index (χ1n) is 7.23. The maximum absolute atomic E-state index is 6.60. The Morgan fingerprint density at radius 2 is 1.22 bits per heavy atom. The zero-order chi connectivity index (χ0) is 13.8. The number of rotatable bonds is 5. The molecule has 0 aliphatic rings. The smallest absolute Gasteiger partial charge is 0.0409 e. The Hall–Kier alpha value is -0.820. The van der Waals surface area contributed by atoms with Gasteiger partial charge in [0.05, 0.1) is 0 Å². The third-order valence-corrected chi connectivity index (χ3v) is 3.72. The third-order valence-electron chi connectivity index (χ3n) is 3.72. The fourth-order valence-corrected chi connectivity index (χ4v) is 2.61. The van der Waals surface area contributed by atoms with Crippen molar-refractivity contribution in [1.82, 2.24) is 0 Å². The molecule has 1 heteroatoms. The van der Waals surface area contributed by atoms with Gasteiger partial charge in [0.25, 0.3) is 0 Å². The normalized spacial score (nSPS) is 12.8. The maximum atomic E-state index is 6.60. The van der Waals surface area contributed by atoms with Gasteiger partial charge in [-0.1, -0.05) is 71.7 Å². The first-order chi connectivity index (χ1) is 8.33. The summed E-state index contributed by atoms with van der Waals surface area (Å²) in [5.74, 6) is 0. The van der Waals surface area contributed by atoms with E-state index in [0.717, 1.165) is 25.7 Å². The molecule has 0 atom stereocenters. The lowest BCUT2D eigenvalue weighted by Crippen LogP contribution is -2.36. The largest absolute Gasteiger partial charge is 0.321 e. The van der Waals surface area contributed by atoms with E-state index in [4.69, 9.17) is 5.73 Å². The molecule has 0 fully saturated rings. The molecular weight excluding hydrogens is 218 g/mol. The average Bonchev–Trinajstić information content (AvgIpc) is 2.29. The lowest BCUT2D eigenvalue weighted by atomic mass is 9.80. The molecule has 0 unspecified atom stereocenters. The van der Waals surface area contributed by atoms with Crippen molar-refractivity contribution >= 4 is 0 Å². The summed E-state index contributed by atoms with van der Waals surface area (Å²) >= 11 is 0. The van der Waals surface area contributed by atoms with E-state index >= 15 is 0 Å². The molecule has 0 saturated carbocycles. The van der Waals surface area contributed by atoms with Crippen LogP contribution < -0.4 is 5.73 Å². The predicted octanol–water partition coefficient (Wildman–Crippen LogP) is 4.74. The highest BCUT2D eigenvalue weighted by molar-refractivity contribution is 5.31. The summed E-state index contributed by atoms with van der Waals surface area (Å²) < 4.78 is 0. The monoisotopic (exact) mass is 247 g/mol. The molecule has 0 aromatic heterocycles. The SMILES string of the molecule is CCCC(N)(CCC)c1ccc(C(C)(C)C)cc1. The maximum Gasteiger partial charge on any atom is 0.0409 e. The molecule has 0 heterocycles. The van der Waals surface area contributed by atoms with E-state index in [-0.39, 0.29) is 11.0 Å². The van der Waals surface area contributed by atoms with E-state index in [2.05, 4.69) is 58.9 Å². The van der Waals surface area contributed by atoms with Crippen LogP contribution in [-0.2, 0) is 11.0 Å². The molecule has 1 aromatic rings. The molecule has 0 spiro atoms. The molecule has 1 rings (SSSR count). The molecule has 1 nitrogen and oxygen atoms in total. The predicted molar refractivity (Wildman–Crippen MR) is 80.8 cm³/mol. The van der Waals surface area contributed by atoms with Gasteiger partial charge in [0.2, 0.25) is 0 Å². The Morgan fingerprint density at radius 1 is 0.833 bits per heavy atom. The average molecular weight is 247 g/mol. The Kier molecular flexibility index (Phi) is 4.98. The molecule has 18 heavy (non-hydrogen) atoms. The van der Waals surface area contributed by atoms with Gasteiger partial charge in [0.15, 0.2) is 0 Å². The lowest BCUT2D eigenvalue weighted by Gasteiger charge is -2.30. The molecular formula is C17H29N. The number of hydrogen-bond donors (Lipinski definition) is 1. The van der Waals surface area contributed by atoms with Gasteiger partial charge in [-0.25, -0.2) is 0 Å². The quantitative estimate of drug-likeness (QED) is 0.799.